The summed E-state index contributed by atoms with van der Waals surface area (Å²) in [7, 11) is 0. The van der Waals surface area contributed by atoms with Gasteiger partial charge in [0.2, 0.25) is 0 Å². The van der Waals surface area contributed by atoms with Gasteiger partial charge in [-0.15, -0.1) is 0 Å². The Morgan fingerprint density at radius 1 is 1.07 bits per heavy atom. The third-order valence-electron chi connectivity index (χ3n) is 2.54. The van der Waals surface area contributed by atoms with E-state index in [1.165, 1.54) is 0 Å². The van der Waals surface area contributed by atoms with Crippen molar-refractivity contribution >= 4 is 10.8 Å². The molecule has 0 heterocycles. The third kappa shape index (κ3) is 1.51. The van der Waals surface area contributed by atoms with Crippen molar-refractivity contribution in [2.24, 2.45) is 0 Å². The van der Waals surface area contributed by atoms with Gasteiger partial charge in [0.05, 0.1) is 0 Å². The van der Waals surface area contributed by atoms with Gasteiger partial charge in [0, 0.05) is 0 Å². The van der Waals surface area contributed by atoms with Gasteiger partial charge in [-0.05, 0) is 22.8 Å². The number of rotatable bonds is 2. The summed E-state index contributed by atoms with van der Waals surface area (Å²) in [6, 6.07) is 14.0. The van der Waals surface area contributed by atoms with Crippen molar-refractivity contribution in [2.75, 3.05) is 0 Å². The molecule has 0 N–H and O–H groups in total. The Morgan fingerprint density at radius 2 is 1.79 bits per heavy atom. The van der Waals surface area contributed by atoms with E-state index in [4.69, 9.17) is 0 Å². The van der Waals surface area contributed by atoms with Crippen LogP contribution in [0, 0.1) is 0 Å². The monoisotopic (exact) mass is 185 g/mol. The van der Waals surface area contributed by atoms with Crippen molar-refractivity contribution in [3.63, 3.8) is 0 Å². The molecule has 0 aliphatic rings. The molecule has 1 radical (unpaired) electrons. The van der Waals surface area contributed by atoms with Crippen LogP contribution in [0.4, 0.5) is 0 Å². The first-order chi connectivity index (χ1) is 6.83. The maximum absolute atomic E-state index is 11.7. The number of hydrogen-bond acceptors (Lipinski definition) is 0. The number of hydrogen-bond donors (Lipinski definition) is 0. The standard InChI is InChI=1S/C13H13O/c1-2-13(14)12-9-5-7-10-6-3-4-8-11(10)12/h3-9,13H,2H2,1H3. The van der Waals surface area contributed by atoms with E-state index in [0.29, 0.717) is 6.42 Å². The molecular formula is C13H13O. The van der Waals surface area contributed by atoms with Gasteiger partial charge in [0.15, 0.2) is 0 Å². The van der Waals surface area contributed by atoms with Crippen LogP contribution in [-0.4, -0.2) is 0 Å². The third-order valence-corrected chi connectivity index (χ3v) is 2.54. The van der Waals surface area contributed by atoms with Gasteiger partial charge >= 0.3 is 0 Å². The number of fused-ring (bicyclic) bond motifs is 1. The molecule has 1 nitrogen and oxygen atoms in total. The van der Waals surface area contributed by atoms with Crippen LogP contribution in [0.25, 0.3) is 10.8 Å². The zero-order valence-corrected chi connectivity index (χ0v) is 8.23. The molecule has 0 saturated heterocycles. The van der Waals surface area contributed by atoms with Crippen LogP contribution < -0.4 is 0 Å². The number of benzene rings is 2. The van der Waals surface area contributed by atoms with Crippen molar-refractivity contribution in [1.82, 2.24) is 0 Å². The highest BCUT2D eigenvalue weighted by Crippen LogP contribution is 2.26. The van der Waals surface area contributed by atoms with E-state index in [-0.39, 0.29) is 0 Å². The zero-order valence-electron chi connectivity index (χ0n) is 8.23. The second kappa shape index (κ2) is 3.81. The lowest BCUT2D eigenvalue weighted by Gasteiger charge is -2.09. The molecule has 0 spiro atoms. The van der Waals surface area contributed by atoms with Crippen LogP contribution in [0.3, 0.4) is 0 Å². The average molecular weight is 185 g/mol. The van der Waals surface area contributed by atoms with Gasteiger partial charge in [-0.1, -0.05) is 49.4 Å². The summed E-state index contributed by atoms with van der Waals surface area (Å²) >= 11 is 0. The van der Waals surface area contributed by atoms with Gasteiger partial charge in [-0.25, -0.2) is 5.11 Å². The first-order valence-corrected chi connectivity index (χ1v) is 4.96. The Bertz CT molecular complexity index is 429. The second-order valence-electron chi connectivity index (χ2n) is 3.47. The average Bonchev–Trinajstić information content (AvgIpc) is 2.27. The summed E-state index contributed by atoms with van der Waals surface area (Å²) in [4.78, 5) is 0. The molecule has 1 unspecified atom stereocenters. The topological polar surface area (TPSA) is 19.9 Å². The lowest BCUT2D eigenvalue weighted by atomic mass is 9.99. The van der Waals surface area contributed by atoms with E-state index >= 15 is 0 Å². The van der Waals surface area contributed by atoms with Crippen molar-refractivity contribution in [1.29, 1.82) is 0 Å². The molecule has 2 aromatic carbocycles. The Balaban J connectivity index is 2.65. The molecule has 0 aromatic heterocycles. The maximum atomic E-state index is 11.7. The van der Waals surface area contributed by atoms with Crippen LogP contribution in [0.2, 0.25) is 0 Å². The van der Waals surface area contributed by atoms with Gasteiger partial charge in [-0.2, -0.15) is 0 Å². The van der Waals surface area contributed by atoms with Crippen LogP contribution in [0.15, 0.2) is 42.5 Å². The highest BCUT2D eigenvalue weighted by molar-refractivity contribution is 5.85. The molecule has 1 heteroatoms. The normalized spacial score (nSPS) is 13.0. The summed E-state index contributed by atoms with van der Waals surface area (Å²) in [5.74, 6) is 0. The lowest BCUT2D eigenvalue weighted by molar-refractivity contribution is 0.0870. The Labute approximate surface area is 84.0 Å². The minimum absolute atomic E-state index is 0.596. The molecule has 14 heavy (non-hydrogen) atoms. The predicted molar refractivity (Wildman–Crippen MR) is 57.7 cm³/mol. The lowest BCUT2D eigenvalue weighted by Crippen LogP contribution is -1.94. The fourth-order valence-corrected chi connectivity index (χ4v) is 1.75. The SMILES string of the molecule is CCC([O])c1cccc2ccccc12. The van der Waals surface area contributed by atoms with E-state index < -0.39 is 6.10 Å². The first-order valence-electron chi connectivity index (χ1n) is 4.96. The Morgan fingerprint density at radius 3 is 2.57 bits per heavy atom. The van der Waals surface area contributed by atoms with Crippen LogP contribution in [0.5, 0.6) is 0 Å². The molecule has 71 valence electrons. The van der Waals surface area contributed by atoms with E-state index in [1.807, 2.05) is 49.4 Å². The van der Waals surface area contributed by atoms with Crippen molar-refractivity contribution in [3.05, 3.63) is 48.0 Å². The Hall–Kier alpha value is -1.34. The van der Waals surface area contributed by atoms with Crippen LogP contribution in [-0.2, 0) is 5.11 Å². The highest BCUT2D eigenvalue weighted by atomic mass is 16.3. The first kappa shape index (κ1) is 9.22. The molecule has 0 aliphatic heterocycles. The minimum Gasteiger partial charge on any atom is -0.228 e. The summed E-state index contributed by atoms with van der Waals surface area (Å²) in [6.45, 7) is 1.93. The summed E-state index contributed by atoms with van der Waals surface area (Å²) < 4.78 is 0. The molecule has 1 atom stereocenters. The molecule has 0 amide bonds. The van der Waals surface area contributed by atoms with Crippen LogP contribution >= 0.6 is 0 Å². The Kier molecular flexibility index (Phi) is 2.51. The van der Waals surface area contributed by atoms with Crippen molar-refractivity contribution in [2.45, 2.75) is 19.4 Å². The highest BCUT2D eigenvalue weighted by Gasteiger charge is 2.09. The van der Waals surface area contributed by atoms with E-state index in [2.05, 4.69) is 0 Å². The zero-order chi connectivity index (χ0) is 9.97. The fraction of sp³-hybridized carbons (Fsp3) is 0.231. The van der Waals surface area contributed by atoms with Gasteiger partial charge in [-0.3, -0.25) is 0 Å². The summed E-state index contributed by atoms with van der Waals surface area (Å²) in [6.07, 6.45) is 0.0506. The summed E-state index contributed by atoms with van der Waals surface area (Å²) in [5, 5.41) is 14.0. The second-order valence-corrected chi connectivity index (χ2v) is 3.47. The smallest absolute Gasteiger partial charge is 0.118 e. The van der Waals surface area contributed by atoms with Gasteiger partial charge in [0.25, 0.3) is 0 Å². The van der Waals surface area contributed by atoms with E-state index in [9.17, 15) is 5.11 Å². The van der Waals surface area contributed by atoms with Crippen LogP contribution in [0.1, 0.15) is 25.0 Å². The van der Waals surface area contributed by atoms with Gasteiger partial charge < -0.3 is 0 Å². The molecule has 0 aliphatic carbocycles. The minimum atomic E-state index is -0.596. The molecular weight excluding hydrogens is 172 g/mol. The van der Waals surface area contributed by atoms with Crippen molar-refractivity contribution < 1.29 is 5.11 Å². The molecule has 0 saturated carbocycles. The molecule has 0 bridgehead atoms. The predicted octanol–water partition coefficient (Wildman–Crippen LogP) is 3.72. The molecule has 2 aromatic rings. The summed E-state index contributed by atoms with van der Waals surface area (Å²) in [5.41, 5.74) is 0.922. The molecule has 0 fully saturated rings. The van der Waals surface area contributed by atoms with Gasteiger partial charge in [0.1, 0.15) is 6.10 Å². The maximum Gasteiger partial charge on any atom is 0.118 e. The van der Waals surface area contributed by atoms with E-state index in [0.717, 1.165) is 16.3 Å². The fourth-order valence-electron chi connectivity index (χ4n) is 1.75. The van der Waals surface area contributed by atoms with E-state index in [1.54, 1.807) is 0 Å². The largest absolute Gasteiger partial charge is 0.228 e. The molecule has 2 rings (SSSR count). The quantitative estimate of drug-likeness (QED) is 0.679. The van der Waals surface area contributed by atoms with Crippen molar-refractivity contribution in [3.8, 4) is 0 Å².